The van der Waals surface area contributed by atoms with Crippen molar-refractivity contribution in [1.82, 2.24) is 20.4 Å². The lowest BCUT2D eigenvalue weighted by molar-refractivity contribution is 0.597. The predicted molar refractivity (Wildman–Crippen MR) is 88.6 cm³/mol. The lowest BCUT2D eigenvalue weighted by Gasteiger charge is -2.11. The molecule has 0 unspecified atom stereocenters. The Labute approximate surface area is 126 Å². The quantitative estimate of drug-likeness (QED) is 0.415. The molecule has 1 aromatic heterocycles. The highest BCUT2D eigenvalue weighted by Gasteiger charge is 1.98. The van der Waals surface area contributed by atoms with E-state index in [0.717, 1.165) is 38.6 Å². The Balaban J connectivity index is 2.25. The molecule has 114 valence electrons. The van der Waals surface area contributed by atoms with Crippen LogP contribution in [-0.2, 0) is 6.54 Å². The van der Waals surface area contributed by atoms with Gasteiger partial charge in [-0.1, -0.05) is 0 Å². The minimum absolute atomic E-state index is 0.831. The summed E-state index contributed by atoms with van der Waals surface area (Å²) < 4.78 is 1.95. The van der Waals surface area contributed by atoms with Crippen LogP contribution in [0.2, 0.25) is 0 Å². The Morgan fingerprint density at radius 2 is 2.25 bits per heavy atom. The van der Waals surface area contributed by atoms with E-state index in [4.69, 9.17) is 0 Å². The van der Waals surface area contributed by atoms with E-state index >= 15 is 0 Å². The van der Waals surface area contributed by atoms with Gasteiger partial charge in [-0.05, 0) is 44.3 Å². The number of aliphatic imine (C=N–C) groups is 1. The van der Waals surface area contributed by atoms with Crippen molar-refractivity contribution in [2.45, 2.75) is 33.2 Å². The average Bonchev–Trinajstić information content (AvgIpc) is 2.84. The Morgan fingerprint density at radius 3 is 2.90 bits per heavy atom. The summed E-state index contributed by atoms with van der Waals surface area (Å²) in [7, 11) is 0. The third-order valence-corrected chi connectivity index (χ3v) is 3.46. The number of unbranched alkanes of at least 4 members (excludes halogenated alkanes) is 1. The number of aryl methyl sites for hydroxylation is 1. The smallest absolute Gasteiger partial charge is 0.191 e. The van der Waals surface area contributed by atoms with Gasteiger partial charge in [0.05, 0.1) is 12.7 Å². The van der Waals surface area contributed by atoms with Gasteiger partial charge in [-0.3, -0.25) is 9.67 Å². The minimum atomic E-state index is 0.831. The molecule has 1 heterocycles. The molecule has 0 amide bonds. The van der Waals surface area contributed by atoms with Crippen LogP contribution in [0, 0.1) is 6.92 Å². The first kappa shape index (κ1) is 16.9. The van der Waals surface area contributed by atoms with E-state index in [-0.39, 0.29) is 0 Å². The summed E-state index contributed by atoms with van der Waals surface area (Å²) in [6.07, 6.45) is 8.46. The van der Waals surface area contributed by atoms with E-state index in [2.05, 4.69) is 40.8 Å². The summed E-state index contributed by atoms with van der Waals surface area (Å²) >= 11 is 1.89. The van der Waals surface area contributed by atoms with Crippen molar-refractivity contribution in [2.75, 3.05) is 31.6 Å². The molecular weight excluding hydrogens is 270 g/mol. The Hall–Kier alpha value is -1.17. The number of aromatic nitrogens is 2. The maximum atomic E-state index is 4.58. The largest absolute Gasteiger partial charge is 0.357 e. The fourth-order valence-corrected chi connectivity index (χ4v) is 2.26. The number of nitrogens with one attached hydrogen (secondary N) is 2. The summed E-state index contributed by atoms with van der Waals surface area (Å²) in [6, 6.07) is 0. The number of guanidine groups is 1. The average molecular weight is 297 g/mol. The van der Waals surface area contributed by atoms with Gasteiger partial charge >= 0.3 is 0 Å². The molecule has 0 aliphatic rings. The number of hydrogen-bond donors (Lipinski definition) is 2. The van der Waals surface area contributed by atoms with Crippen LogP contribution in [0.3, 0.4) is 0 Å². The van der Waals surface area contributed by atoms with Crippen LogP contribution in [0.5, 0.6) is 0 Å². The zero-order valence-corrected chi connectivity index (χ0v) is 13.7. The zero-order chi connectivity index (χ0) is 14.6. The van der Waals surface area contributed by atoms with Crippen molar-refractivity contribution >= 4 is 17.7 Å². The van der Waals surface area contributed by atoms with Crippen LogP contribution in [0.1, 0.15) is 25.3 Å². The highest BCUT2D eigenvalue weighted by atomic mass is 32.2. The van der Waals surface area contributed by atoms with Crippen LogP contribution in [-0.4, -0.2) is 47.4 Å². The topological polar surface area (TPSA) is 54.2 Å². The van der Waals surface area contributed by atoms with Crippen molar-refractivity contribution in [2.24, 2.45) is 4.99 Å². The lowest BCUT2D eigenvalue weighted by Crippen LogP contribution is -2.39. The van der Waals surface area contributed by atoms with Crippen LogP contribution in [0.4, 0.5) is 0 Å². The van der Waals surface area contributed by atoms with Crippen LogP contribution < -0.4 is 10.6 Å². The van der Waals surface area contributed by atoms with Gasteiger partial charge < -0.3 is 10.6 Å². The van der Waals surface area contributed by atoms with E-state index < -0.39 is 0 Å². The predicted octanol–water partition coefficient (Wildman–Crippen LogP) is 1.89. The summed E-state index contributed by atoms with van der Waals surface area (Å²) in [5, 5.41) is 10.9. The van der Waals surface area contributed by atoms with E-state index in [0.29, 0.717) is 0 Å². The van der Waals surface area contributed by atoms with Gasteiger partial charge in [0.15, 0.2) is 5.96 Å². The molecule has 0 aliphatic carbocycles. The molecule has 0 aromatic carbocycles. The van der Waals surface area contributed by atoms with Crippen molar-refractivity contribution in [3.8, 4) is 0 Å². The molecule has 1 rings (SSSR count). The molecule has 0 saturated carbocycles. The first-order valence-corrected chi connectivity index (χ1v) is 8.65. The highest BCUT2D eigenvalue weighted by Crippen LogP contribution is 1.99. The zero-order valence-electron chi connectivity index (χ0n) is 12.9. The first-order valence-electron chi connectivity index (χ1n) is 7.26. The van der Waals surface area contributed by atoms with Gasteiger partial charge in [-0.2, -0.15) is 16.9 Å². The molecule has 1 aromatic rings. The molecule has 5 nitrogen and oxygen atoms in total. The van der Waals surface area contributed by atoms with E-state index in [1.165, 1.54) is 17.7 Å². The van der Waals surface area contributed by atoms with Gasteiger partial charge in [0.2, 0.25) is 0 Å². The van der Waals surface area contributed by atoms with Gasteiger partial charge in [0.1, 0.15) is 0 Å². The van der Waals surface area contributed by atoms with Gasteiger partial charge in [-0.15, -0.1) is 0 Å². The second kappa shape index (κ2) is 10.6. The van der Waals surface area contributed by atoms with Crippen molar-refractivity contribution in [3.63, 3.8) is 0 Å². The van der Waals surface area contributed by atoms with Gasteiger partial charge in [0, 0.05) is 25.8 Å². The number of rotatable bonds is 9. The highest BCUT2D eigenvalue weighted by molar-refractivity contribution is 7.98. The van der Waals surface area contributed by atoms with E-state index in [9.17, 15) is 0 Å². The van der Waals surface area contributed by atoms with Crippen molar-refractivity contribution in [3.05, 3.63) is 18.0 Å². The molecule has 0 radical (unpaired) electrons. The number of hydrogen-bond acceptors (Lipinski definition) is 3. The molecule has 0 saturated heterocycles. The standard InChI is InChI=1S/C14H27N5S/c1-4-15-14(16-7-5-6-10-20-3)17-8-9-19-12-13(2)11-18-19/h11-12H,4-10H2,1-3H3,(H2,15,16,17). The molecule has 2 N–H and O–H groups in total. The first-order chi connectivity index (χ1) is 9.76. The van der Waals surface area contributed by atoms with E-state index in [1.807, 2.05) is 28.8 Å². The lowest BCUT2D eigenvalue weighted by atomic mass is 10.3. The summed E-state index contributed by atoms with van der Waals surface area (Å²) in [6.45, 7) is 7.59. The monoisotopic (exact) mass is 297 g/mol. The molecule has 6 heteroatoms. The summed E-state index contributed by atoms with van der Waals surface area (Å²) in [5.41, 5.74) is 1.19. The molecule has 0 bridgehead atoms. The second-order valence-electron chi connectivity index (χ2n) is 4.67. The molecule has 0 spiro atoms. The third kappa shape index (κ3) is 7.43. The van der Waals surface area contributed by atoms with Crippen LogP contribution in [0.25, 0.3) is 0 Å². The van der Waals surface area contributed by atoms with Gasteiger partial charge in [-0.25, -0.2) is 0 Å². The fourth-order valence-electron chi connectivity index (χ4n) is 1.77. The molecule has 0 fully saturated rings. The van der Waals surface area contributed by atoms with Crippen LogP contribution in [0.15, 0.2) is 17.4 Å². The Kier molecular flexibility index (Phi) is 8.95. The maximum Gasteiger partial charge on any atom is 0.191 e. The fraction of sp³-hybridized carbons (Fsp3) is 0.714. The van der Waals surface area contributed by atoms with Crippen LogP contribution >= 0.6 is 11.8 Å². The molecule has 0 atom stereocenters. The number of thioether (sulfide) groups is 1. The molecular formula is C14H27N5S. The van der Waals surface area contributed by atoms with Crippen molar-refractivity contribution in [1.29, 1.82) is 0 Å². The number of nitrogens with zero attached hydrogens (tertiary/aromatic N) is 3. The van der Waals surface area contributed by atoms with E-state index in [1.54, 1.807) is 0 Å². The maximum absolute atomic E-state index is 4.58. The van der Waals surface area contributed by atoms with Gasteiger partial charge in [0.25, 0.3) is 0 Å². The molecule has 0 aliphatic heterocycles. The Bertz CT molecular complexity index is 389. The summed E-state index contributed by atoms with van der Waals surface area (Å²) in [5.74, 6) is 2.12. The Morgan fingerprint density at radius 1 is 1.40 bits per heavy atom. The normalized spacial score (nSPS) is 11.7. The minimum Gasteiger partial charge on any atom is -0.357 e. The summed E-state index contributed by atoms with van der Waals surface area (Å²) in [4.78, 5) is 4.58. The van der Waals surface area contributed by atoms with Crippen molar-refractivity contribution < 1.29 is 0 Å². The second-order valence-corrected chi connectivity index (χ2v) is 5.65. The SMILES string of the molecule is CCNC(=NCCCCSC)NCCn1cc(C)cn1. The third-order valence-electron chi connectivity index (χ3n) is 2.77. The molecule has 20 heavy (non-hydrogen) atoms.